The van der Waals surface area contributed by atoms with Gasteiger partial charge in [0.25, 0.3) is 5.91 Å². The van der Waals surface area contributed by atoms with Gasteiger partial charge in [-0.1, -0.05) is 12.1 Å². The summed E-state index contributed by atoms with van der Waals surface area (Å²) < 4.78 is 4.61. The van der Waals surface area contributed by atoms with Crippen molar-refractivity contribution >= 4 is 17.6 Å². The van der Waals surface area contributed by atoms with E-state index in [2.05, 4.69) is 52.0 Å². The van der Waals surface area contributed by atoms with Gasteiger partial charge in [0.1, 0.15) is 5.69 Å². The average molecular weight is 341 g/mol. The molecule has 0 aliphatic carbocycles. The summed E-state index contributed by atoms with van der Waals surface area (Å²) >= 11 is 0. The lowest BCUT2D eigenvalue weighted by Crippen LogP contribution is -2.35. The Kier molecular flexibility index (Phi) is 6.51. The highest BCUT2D eigenvalue weighted by molar-refractivity contribution is 5.94. The van der Waals surface area contributed by atoms with E-state index < -0.39 is 5.97 Å². The summed E-state index contributed by atoms with van der Waals surface area (Å²) in [5.74, 6) is -0.743. The zero-order valence-electron chi connectivity index (χ0n) is 14.8. The second-order valence-corrected chi connectivity index (χ2v) is 5.60. The largest absolute Gasteiger partial charge is 0.465 e. The van der Waals surface area contributed by atoms with E-state index in [1.807, 2.05) is 6.07 Å². The van der Waals surface area contributed by atoms with Crippen LogP contribution in [-0.2, 0) is 4.74 Å². The van der Waals surface area contributed by atoms with Crippen LogP contribution in [0.3, 0.4) is 0 Å². The number of hydrogen-bond acceptors (Lipinski definition) is 5. The molecule has 0 atom stereocenters. The number of anilines is 1. The predicted molar refractivity (Wildman–Crippen MR) is 97.0 cm³/mol. The van der Waals surface area contributed by atoms with Gasteiger partial charge in [-0.2, -0.15) is 0 Å². The van der Waals surface area contributed by atoms with Crippen molar-refractivity contribution in [3.63, 3.8) is 0 Å². The molecule has 0 bridgehead atoms. The zero-order valence-corrected chi connectivity index (χ0v) is 14.8. The third-order valence-corrected chi connectivity index (χ3v) is 3.83. The van der Waals surface area contributed by atoms with Crippen molar-refractivity contribution in [3.8, 4) is 0 Å². The molecule has 0 spiro atoms. The van der Waals surface area contributed by atoms with Gasteiger partial charge >= 0.3 is 5.97 Å². The van der Waals surface area contributed by atoms with Gasteiger partial charge in [0.15, 0.2) is 0 Å². The quantitative estimate of drug-likeness (QED) is 0.783. The molecule has 2 aromatic rings. The number of esters is 1. The second-order valence-electron chi connectivity index (χ2n) is 5.60. The number of nitrogens with zero attached hydrogens (tertiary/aromatic N) is 2. The van der Waals surface area contributed by atoms with Crippen LogP contribution in [0.2, 0.25) is 0 Å². The van der Waals surface area contributed by atoms with Crippen molar-refractivity contribution < 1.29 is 14.3 Å². The van der Waals surface area contributed by atoms with Gasteiger partial charge in [0.2, 0.25) is 0 Å². The van der Waals surface area contributed by atoms with E-state index in [9.17, 15) is 9.59 Å². The molecule has 0 aliphatic heterocycles. The Morgan fingerprint density at radius 2 is 2.04 bits per heavy atom. The van der Waals surface area contributed by atoms with Crippen molar-refractivity contribution in [3.05, 3.63) is 59.4 Å². The van der Waals surface area contributed by atoms with Gasteiger partial charge in [-0.25, -0.2) is 4.79 Å². The summed E-state index contributed by atoms with van der Waals surface area (Å²) in [6.07, 6.45) is 1.34. The molecule has 1 heterocycles. The molecule has 0 fully saturated rings. The smallest absolute Gasteiger partial charge is 0.339 e. The highest BCUT2D eigenvalue weighted by Crippen LogP contribution is 2.15. The Hall–Kier alpha value is -2.89. The molecule has 0 radical (unpaired) electrons. The molecule has 2 rings (SSSR count). The number of ether oxygens (including phenoxy) is 1. The number of benzene rings is 1. The number of rotatable bonds is 7. The van der Waals surface area contributed by atoms with Crippen molar-refractivity contribution in [1.29, 1.82) is 0 Å². The van der Waals surface area contributed by atoms with Gasteiger partial charge in [-0.3, -0.25) is 9.78 Å². The Bertz CT molecular complexity index is 729. The monoisotopic (exact) mass is 341 g/mol. The number of aryl methyl sites for hydroxylation is 1. The molecule has 0 aliphatic rings. The third-order valence-electron chi connectivity index (χ3n) is 3.83. The molecule has 1 aromatic heterocycles. The number of carbonyl (C=O) groups excluding carboxylic acids is 2. The van der Waals surface area contributed by atoms with E-state index in [0.717, 1.165) is 12.2 Å². The van der Waals surface area contributed by atoms with Gasteiger partial charge < -0.3 is 15.0 Å². The van der Waals surface area contributed by atoms with Crippen molar-refractivity contribution in [1.82, 2.24) is 10.3 Å². The maximum atomic E-state index is 12.1. The SMILES string of the molecule is CCN(CCNC(=O)c1ccc(C(=O)OC)cn1)c1cccc(C)c1. The number of nitrogens with one attached hydrogen (secondary N) is 1. The standard InChI is InChI=1S/C19H23N3O3/c1-4-22(16-7-5-6-14(2)12-16)11-10-20-18(23)17-9-8-15(13-21-17)19(24)25-3/h5-9,12-13H,4,10-11H2,1-3H3,(H,20,23). The third kappa shape index (κ3) is 5.04. The molecule has 0 unspecified atom stereocenters. The molecule has 6 heteroatoms. The van der Waals surface area contributed by atoms with Gasteiger partial charge in [-0.05, 0) is 43.7 Å². The first kappa shape index (κ1) is 18.4. The highest BCUT2D eigenvalue weighted by atomic mass is 16.5. The summed E-state index contributed by atoms with van der Waals surface area (Å²) in [7, 11) is 1.30. The van der Waals surface area contributed by atoms with Crippen LogP contribution >= 0.6 is 0 Å². The van der Waals surface area contributed by atoms with E-state index in [0.29, 0.717) is 18.7 Å². The van der Waals surface area contributed by atoms with Gasteiger partial charge in [-0.15, -0.1) is 0 Å². The van der Waals surface area contributed by atoms with Crippen LogP contribution in [0.25, 0.3) is 0 Å². The summed E-state index contributed by atoms with van der Waals surface area (Å²) in [6.45, 7) is 6.19. The van der Waals surface area contributed by atoms with E-state index in [1.165, 1.54) is 31.0 Å². The molecule has 0 saturated carbocycles. The van der Waals surface area contributed by atoms with Crippen LogP contribution < -0.4 is 10.2 Å². The first-order valence-corrected chi connectivity index (χ1v) is 8.19. The summed E-state index contributed by atoms with van der Waals surface area (Å²) in [6, 6.07) is 11.3. The van der Waals surface area contributed by atoms with Crippen LogP contribution in [-0.4, -0.2) is 43.6 Å². The van der Waals surface area contributed by atoms with Crippen LogP contribution in [0.4, 0.5) is 5.69 Å². The van der Waals surface area contributed by atoms with E-state index in [4.69, 9.17) is 0 Å². The van der Waals surface area contributed by atoms with Crippen LogP contribution in [0.1, 0.15) is 33.3 Å². The first-order chi connectivity index (χ1) is 12.0. The first-order valence-electron chi connectivity index (χ1n) is 8.19. The lowest BCUT2D eigenvalue weighted by atomic mass is 10.2. The molecular formula is C19H23N3O3. The molecule has 0 saturated heterocycles. The number of amides is 1. The Balaban J connectivity index is 1.89. The molecule has 1 aromatic carbocycles. The van der Waals surface area contributed by atoms with E-state index in [1.54, 1.807) is 0 Å². The highest BCUT2D eigenvalue weighted by Gasteiger charge is 2.11. The predicted octanol–water partition coefficient (Wildman–Crippen LogP) is 2.43. The lowest BCUT2D eigenvalue weighted by Gasteiger charge is -2.23. The number of methoxy groups -OCH3 is 1. The maximum Gasteiger partial charge on any atom is 0.339 e. The van der Waals surface area contributed by atoms with Crippen molar-refractivity contribution in [2.75, 3.05) is 31.6 Å². The Morgan fingerprint density at radius 3 is 2.64 bits per heavy atom. The molecule has 132 valence electrons. The second kappa shape index (κ2) is 8.82. The molecule has 1 amide bonds. The van der Waals surface area contributed by atoms with Gasteiger partial charge in [0.05, 0.1) is 12.7 Å². The fourth-order valence-electron chi connectivity index (χ4n) is 2.46. The number of carbonyl (C=O) groups is 2. The van der Waals surface area contributed by atoms with Crippen molar-refractivity contribution in [2.24, 2.45) is 0 Å². The molecule has 1 N–H and O–H groups in total. The van der Waals surface area contributed by atoms with Gasteiger partial charge in [0, 0.05) is 31.5 Å². The molecule has 25 heavy (non-hydrogen) atoms. The average Bonchev–Trinajstić information content (AvgIpc) is 2.64. The van der Waals surface area contributed by atoms with Crippen LogP contribution in [0, 0.1) is 6.92 Å². The number of likely N-dealkylation sites (N-methyl/N-ethyl adjacent to an activating group) is 1. The van der Waals surface area contributed by atoms with Crippen LogP contribution in [0.5, 0.6) is 0 Å². The molecule has 6 nitrogen and oxygen atoms in total. The zero-order chi connectivity index (χ0) is 18.2. The van der Waals surface area contributed by atoms with Crippen molar-refractivity contribution in [2.45, 2.75) is 13.8 Å². The van der Waals surface area contributed by atoms with E-state index in [-0.39, 0.29) is 11.6 Å². The summed E-state index contributed by atoms with van der Waals surface area (Å²) in [5.41, 5.74) is 2.93. The minimum atomic E-state index is -0.476. The normalized spacial score (nSPS) is 10.2. The number of pyridine rings is 1. The Morgan fingerprint density at radius 1 is 1.24 bits per heavy atom. The maximum absolute atomic E-state index is 12.1. The Labute approximate surface area is 147 Å². The number of hydrogen-bond donors (Lipinski definition) is 1. The topological polar surface area (TPSA) is 71.5 Å². The lowest BCUT2D eigenvalue weighted by molar-refractivity contribution is 0.0599. The molecular weight excluding hydrogens is 318 g/mol. The minimum absolute atomic E-state index is 0.267. The fraction of sp³-hybridized carbons (Fsp3) is 0.316. The summed E-state index contributed by atoms with van der Waals surface area (Å²) in [4.78, 5) is 29.7. The van der Waals surface area contributed by atoms with Crippen LogP contribution in [0.15, 0.2) is 42.6 Å². The number of aromatic nitrogens is 1. The summed E-state index contributed by atoms with van der Waals surface area (Å²) in [5, 5.41) is 2.85. The minimum Gasteiger partial charge on any atom is -0.465 e. The fourth-order valence-corrected chi connectivity index (χ4v) is 2.46. The van der Waals surface area contributed by atoms with E-state index >= 15 is 0 Å².